The standard InChI is InChI=1S/C13H17ClN2O/c14-11-6-4-10(5-7-11)13(17)16-8-2-1-3-12(16)9-15/h4-7,12H,1-3,8-9,15H2. The molecular weight excluding hydrogens is 236 g/mol. The summed E-state index contributed by atoms with van der Waals surface area (Å²) in [6.07, 6.45) is 3.23. The number of nitrogens with zero attached hydrogens (tertiary/aromatic N) is 1. The third-order valence-corrected chi connectivity index (χ3v) is 3.50. The molecule has 17 heavy (non-hydrogen) atoms. The zero-order valence-electron chi connectivity index (χ0n) is 9.73. The number of likely N-dealkylation sites (tertiary alicyclic amines) is 1. The number of hydrogen-bond acceptors (Lipinski definition) is 2. The lowest BCUT2D eigenvalue weighted by Crippen LogP contribution is -2.47. The number of amides is 1. The largest absolute Gasteiger partial charge is 0.334 e. The first-order chi connectivity index (χ1) is 8.22. The first-order valence-corrected chi connectivity index (χ1v) is 6.37. The number of nitrogens with two attached hydrogens (primary N) is 1. The van der Waals surface area contributed by atoms with Crippen LogP contribution in [-0.4, -0.2) is 29.9 Å². The fourth-order valence-corrected chi connectivity index (χ4v) is 2.40. The van der Waals surface area contributed by atoms with Crippen molar-refractivity contribution in [1.82, 2.24) is 4.90 Å². The monoisotopic (exact) mass is 252 g/mol. The number of halogens is 1. The second-order valence-corrected chi connectivity index (χ2v) is 4.83. The van der Waals surface area contributed by atoms with E-state index in [2.05, 4.69) is 0 Å². The van der Waals surface area contributed by atoms with Gasteiger partial charge >= 0.3 is 0 Å². The van der Waals surface area contributed by atoms with Crippen molar-refractivity contribution in [3.63, 3.8) is 0 Å². The van der Waals surface area contributed by atoms with Crippen molar-refractivity contribution in [2.45, 2.75) is 25.3 Å². The zero-order chi connectivity index (χ0) is 12.3. The molecule has 1 fully saturated rings. The molecule has 1 amide bonds. The summed E-state index contributed by atoms with van der Waals surface area (Å²) in [4.78, 5) is 14.2. The van der Waals surface area contributed by atoms with Gasteiger partial charge in [0.2, 0.25) is 0 Å². The molecule has 1 aliphatic heterocycles. The molecule has 0 saturated carbocycles. The van der Waals surface area contributed by atoms with Crippen molar-refractivity contribution in [1.29, 1.82) is 0 Å². The lowest BCUT2D eigenvalue weighted by Gasteiger charge is -2.35. The molecule has 1 heterocycles. The van der Waals surface area contributed by atoms with Gasteiger partial charge in [-0.25, -0.2) is 0 Å². The summed E-state index contributed by atoms with van der Waals surface area (Å²) in [6.45, 7) is 1.35. The molecule has 3 nitrogen and oxygen atoms in total. The molecule has 92 valence electrons. The summed E-state index contributed by atoms with van der Waals surface area (Å²) in [7, 11) is 0. The van der Waals surface area contributed by atoms with Crippen LogP contribution >= 0.6 is 11.6 Å². The molecule has 0 aromatic heterocycles. The molecule has 4 heteroatoms. The Labute approximate surface area is 107 Å². The fourth-order valence-electron chi connectivity index (χ4n) is 2.27. The number of carbonyl (C=O) groups excluding carboxylic acids is 1. The van der Waals surface area contributed by atoms with Gasteiger partial charge in [0.15, 0.2) is 0 Å². The average Bonchev–Trinajstić information content (AvgIpc) is 2.39. The maximum Gasteiger partial charge on any atom is 0.254 e. The van der Waals surface area contributed by atoms with E-state index in [9.17, 15) is 4.79 Å². The van der Waals surface area contributed by atoms with Crippen LogP contribution < -0.4 is 5.73 Å². The number of piperidine rings is 1. The number of rotatable bonds is 2. The summed E-state index contributed by atoms with van der Waals surface area (Å²) in [5, 5.41) is 0.649. The first-order valence-electron chi connectivity index (χ1n) is 5.99. The van der Waals surface area contributed by atoms with Crippen molar-refractivity contribution < 1.29 is 4.79 Å². The maximum absolute atomic E-state index is 12.3. The van der Waals surface area contributed by atoms with E-state index < -0.39 is 0 Å². The Morgan fingerprint density at radius 3 is 2.71 bits per heavy atom. The third-order valence-electron chi connectivity index (χ3n) is 3.25. The van der Waals surface area contributed by atoms with Gasteiger partial charge in [-0.2, -0.15) is 0 Å². The van der Waals surface area contributed by atoms with Crippen LogP contribution in [-0.2, 0) is 0 Å². The lowest BCUT2D eigenvalue weighted by molar-refractivity contribution is 0.0623. The van der Waals surface area contributed by atoms with Crippen LogP contribution in [0.1, 0.15) is 29.6 Å². The summed E-state index contributed by atoms with van der Waals surface area (Å²) in [6, 6.07) is 7.22. The van der Waals surface area contributed by atoms with Crippen LogP contribution in [0.2, 0.25) is 5.02 Å². The van der Waals surface area contributed by atoms with Gasteiger partial charge < -0.3 is 10.6 Å². The Morgan fingerprint density at radius 2 is 2.06 bits per heavy atom. The van der Waals surface area contributed by atoms with E-state index in [1.165, 1.54) is 0 Å². The summed E-state index contributed by atoms with van der Waals surface area (Å²) < 4.78 is 0. The predicted octanol–water partition coefficient (Wildman–Crippen LogP) is 2.29. The molecular formula is C13H17ClN2O. The zero-order valence-corrected chi connectivity index (χ0v) is 10.5. The highest BCUT2D eigenvalue weighted by Crippen LogP contribution is 2.19. The molecule has 1 saturated heterocycles. The van der Waals surface area contributed by atoms with E-state index in [4.69, 9.17) is 17.3 Å². The van der Waals surface area contributed by atoms with Crippen LogP contribution in [0.25, 0.3) is 0 Å². The second-order valence-electron chi connectivity index (χ2n) is 4.39. The van der Waals surface area contributed by atoms with Gasteiger partial charge in [0.05, 0.1) is 0 Å². The van der Waals surface area contributed by atoms with Crippen LogP contribution in [0.4, 0.5) is 0 Å². The molecule has 1 aliphatic rings. The minimum atomic E-state index is 0.0665. The Kier molecular flexibility index (Phi) is 4.02. The number of hydrogen-bond donors (Lipinski definition) is 1. The first kappa shape index (κ1) is 12.4. The molecule has 1 aromatic carbocycles. The van der Waals surface area contributed by atoms with E-state index in [-0.39, 0.29) is 11.9 Å². The van der Waals surface area contributed by atoms with E-state index in [1.807, 2.05) is 4.90 Å². The normalized spacial score (nSPS) is 20.4. The van der Waals surface area contributed by atoms with E-state index in [0.717, 1.165) is 25.8 Å². The Hall–Kier alpha value is -1.06. The van der Waals surface area contributed by atoms with E-state index in [0.29, 0.717) is 17.1 Å². The van der Waals surface area contributed by atoms with Gasteiger partial charge in [0, 0.05) is 29.7 Å². The summed E-state index contributed by atoms with van der Waals surface area (Å²) >= 11 is 5.81. The van der Waals surface area contributed by atoms with Crippen molar-refractivity contribution >= 4 is 17.5 Å². The molecule has 0 spiro atoms. The molecule has 2 rings (SSSR count). The molecule has 0 aliphatic carbocycles. The van der Waals surface area contributed by atoms with Gasteiger partial charge in [0.1, 0.15) is 0 Å². The molecule has 1 aromatic rings. The van der Waals surface area contributed by atoms with Crippen molar-refractivity contribution in [3.8, 4) is 0 Å². The smallest absolute Gasteiger partial charge is 0.254 e. The SMILES string of the molecule is NCC1CCCCN1C(=O)c1ccc(Cl)cc1. The van der Waals surface area contributed by atoms with Gasteiger partial charge in [-0.15, -0.1) is 0 Å². The Balaban J connectivity index is 2.15. The quantitative estimate of drug-likeness (QED) is 0.878. The van der Waals surface area contributed by atoms with Crippen molar-refractivity contribution in [2.75, 3.05) is 13.1 Å². The van der Waals surface area contributed by atoms with E-state index >= 15 is 0 Å². The van der Waals surface area contributed by atoms with Crippen molar-refractivity contribution in [3.05, 3.63) is 34.9 Å². The lowest BCUT2D eigenvalue weighted by atomic mass is 10.0. The number of benzene rings is 1. The molecule has 1 unspecified atom stereocenters. The Bertz CT molecular complexity index is 391. The topological polar surface area (TPSA) is 46.3 Å². The minimum Gasteiger partial charge on any atom is -0.334 e. The van der Waals surface area contributed by atoms with Gasteiger partial charge in [0.25, 0.3) is 5.91 Å². The summed E-state index contributed by atoms with van der Waals surface area (Å²) in [5.74, 6) is 0.0665. The van der Waals surface area contributed by atoms with Crippen LogP contribution in [0, 0.1) is 0 Å². The van der Waals surface area contributed by atoms with Gasteiger partial charge in [-0.1, -0.05) is 11.6 Å². The molecule has 2 N–H and O–H groups in total. The fraction of sp³-hybridized carbons (Fsp3) is 0.462. The van der Waals surface area contributed by atoms with E-state index in [1.54, 1.807) is 24.3 Å². The van der Waals surface area contributed by atoms with Gasteiger partial charge in [-0.05, 0) is 43.5 Å². The molecule has 1 atom stereocenters. The molecule has 0 radical (unpaired) electrons. The maximum atomic E-state index is 12.3. The molecule has 0 bridgehead atoms. The van der Waals surface area contributed by atoms with Crippen LogP contribution in [0.5, 0.6) is 0 Å². The minimum absolute atomic E-state index is 0.0665. The highest BCUT2D eigenvalue weighted by Gasteiger charge is 2.26. The highest BCUT2D eigenvalue weighted by atomic mass is 35.5. The highest BCUT2D eigenvalue weighted by molar-refractivity contribution is 6.30. The Morgan fingerprint density at radius 1 is 1.35 bits per heavy atom. The van der Waals surface area contributed by atoms with Crippen molar-refractivity contribution in [2.24, 2.45) is 5.73 Å². The van der Waals surface area contributed by atoms with Gasteiger partial charge in [-0.3, -0.25) is 4.79 Å². The third kappa shape index (κ3) is 2.79. The second kappa shape index (κ2) is 5.52. The average molecular weight is 253 g/mol. The predicted molar refractivity (Wildman–Crippen MR) is 69.2 cm³/mol. The summed E-state index contributed by atoms with van der Waals surface area (Å²) in [5.41, 5.74) is 6.41. The van der Waals surface area contributed by atoms with Crippen LogP contribution in [0.3, 0.4) is 0 Å². The number of carbonyl (C=O) groups is 1. The van der Waals surface area contributed by atoms with Crippen LogP contribution in [0.15, 0.2) is 24.3 Å².